The summed E-state index contributed by atoms with van der Waals surface area (Å²) >= 11 is 0. The van der Waals surface area contributed by atoms with E-state index >= 15 is 0 Å². The maximum absolute atomic E-state index is 11.4. The van der Waals surface area contributed by atoms with Gasteiger partial charge >= 0.3 is 5.97 Å². The van der Waals surface area contributed by atoms with Gasteiger partial charge in [0.1, 0.15) is 0 Å². The molecule has 1 heterocycles. The maximum Gasteiger partial charge on any atom is 0.303 e. The molecule has 0 bridgehead atoms. The third kappa shape index (κ3) is 2.99. The number of carbonyl (C=O) groups excluding carboxylic acids is 1. The van der Waals surface area contributed by atoms with Gasteiger partial charge in [0.05, 0.1) is 12.5 Å². The Hall–Kier alpha value is -1.10. The molecular formula is C9H15NO4. The van der Waals surface area contributed by atoms with E-state index in [2.05, 4.69) is 0 Å². The monoisotopic (exact) mass is 201 g/mol. The van der Waals surface area contributed by atoms with E-state index in [0.717, 1.165) is 6.42 Å². The lowest BCUT2D eigenvalue weighted by molar-refractivity contribution is -0.140. The highest BCUT2D eigenvalue weighted by Gasteiger charge is 2.25. The maximum atomic E-state index is 11.4. The molecule has 0 aromatic heterocycles. The lowest BCUT2D eigenvalue weighted by Crippen LogP contribution is -2.30. The van der Waals surface area contributed by atoms with Crippen LogP contribution in [0.1, 0.15) is 19.3 Å². The highest BCUT2D eigenvalue weighted by Crippen LogP contribution is 2.13. The van der Waals surface area contributed by atoms with Crippen LogP contribution in [-0.4, -0.2) is 48.2 Å². The van der Waals surface area contributed by atoms with Crippen molar-refractivity contribution in [1.29, 1.82) is 0 Å². The van der Waals surface area contributed by atoms with Crippen molar-refractivity contribution in [3.63, 3.8) is 0 Å². The number of rotatable bonds is 4. The van der Waals surface area contributed by atoms with E-state index in [-0.39, 0.29) is 24.9 Å². The summed E-state index contributed by atoms with van der Waals surface area (Å²) in [4.78, 5) is 23.3. The standard InChI is InChI=1S/C9H15NO4/c1-14-7-4-5-10(6-7)8(11)2-3-9(12)13/h7H,2-6H2,1H3,(H,12,13). The van der Waals surface area contributed by atoms with Crippen molar-refractivity contribution in [3.05, 3.63) is 0 Å². The number of carboxylic acid groups (broad SMARTS) is 1. The Morgan fingerprint density at radius 2 is 2.21 bits per heavy atom. The Kier molecular flexibility index (Phi) is 3.88. The molecule has 1 N–H and O–H groups in total. The number of likely N-dealkylation sites (tertiary alicyclic amines) is 1. The highest BCUT2D eigenvalue weighted by molar-refractivity contribution is 5.80. The van der Waals surface area contributed by atoms with Crippen LogP contribution < -0.4 is 0 Å². The summed E-state index contributed by atoms with van der Waals surface area (Å²) in [6.45, 7) is 1.27. The molecule has 1 fully saturated rings. The average molecular weight is 201 g/mol. The van der Waals surface area contributed by atoms with Gasteiger partial charge < -0.3 is 14.7 Å². The Morgan fingerprint density at radius 3 is 2.71 bits per heavy atom. The molecule has 1 atom stereocenters. The summed E-state index contributed by atoms with van der Waals surface area (Å²) in [5.41, 5.74) is 0. The van der Waals surface area contributed by atoms with Crippen LogP contribution in [0.25, 0.3) is 0 Å². The zero-order valence-corrected chi connectivity index (χ0v) is 8.23. The van der Waals surface area contributed by atoms with Crippen LogP contribution >= 0.6 is 0 Å². The number of aliphatic carboxylic acids is 1. The zero-order valence-electron chi connectivity index (χ0n) is 8.23. The second kappa shape index (κ2) is 4.95. The lowest BCUT2D eigenvalue weighted by Gasteiger charge is -2.15. The van der Waals surface area contributed by atoms with Crippen molar-refractivity contribution in [3.8, 4) is 0 Å². The van der Waals surface area contributed by atoms with Crippen LogP contribution in [0.3, 0.4) is 0 Å². The number of ether oxygens (including phenoxy) is 1. The first-order chi connectivity index (χ1) is 6.63. The van der Waals surface area contributed by atoms with Gasteiger partial charge in [-0.05, 0) is 6.42 Å². The molecule has 1 aliphatic heterocycles. The number of hydrogen-bond donors (Lipinski definition) is 1. The van der Waals surface area contributed by atoms with Crippen LogP contribution in [0.2, 0.25) is 0 Å². The van der Waals surface area contributed by atoms with E-state index in [1.807, 2.05) is 0 Å². The number of hydrogen-bond acceptors (Lipinski definition) is 3. The first-order valence-corrected chi connectivity index (χ1v) is 4.66. The topological polar surface area (TPSA) is 66.8 Å². The van der Waals surface area contributed by atoms with Gasteiger partial charge in [0, 0.05) is 26.6 Å². The van der Waals surface area contributed by atoms with Crippen LogP contribution in [0.4, 0.5) is 0 Å². The third-order valence-electron chi connectivity index (χ3n) is 2.38. The van der Waals surface area contributed by atoms with E-state index in [0.29, 0.717) is 13.1 Å². The average Bonchev–Trinajstić information content (AvgIpc) is 2.62. The van der Waals surface area contributed by atoms with Gasteiger partial charge in [-0.25, -0.2) is 0 Å². The van der Waals surface area contributed by atoms with Gasteiger partial charge in [0.25, 0.3) is 0 Å². The number of nitrogens with zero attached hydrogens (tertiary/aromatic N) is 1. The molecule has 0 aromatic rings. The molecule has 1 saturated heterocycles. The Labute approximate surface area is 82.6 Å². The molecule has 14 heavy (non-hydrogen) atoms. The minimum absolute atomic E-state index is 0.0891. The van der Waals surface area contributed by atoms with E-state index in [1.54, 1.807) is 12.0 Å². The molecule has 0 spiro atoms. The zero-order chi connectivity index (χ0) is 10.6. The summed E-state index contributed by atoms with van der Waals surface area (Å²) in [6, 6.07) is 0. The molecule has 1 aliphatic rings. The summed E-state index contributed by atoms with van der Waals surface area (Å²) in [6.07, 6.45) is 0.956. The predicted octanol–water partition coefficient (Wildman–Crippen LogP) is 0.0985. The number of methoxy groups -OCH3 is 1. The third-order valence-corrected chi connectivity index (χ3v) is 2.38. The first-order valence-electron chi connectivity index (χ1n) is 4.66. The fourth-order valence-corrected chi connectivity index (χ4v) is 1.52. The van der Waals surface area contributed by atoms with Gasteiger partial charge in [0.2, 0.25) is 5.91 Å². The molecular weight excluding hydrogens is 186 g/mol. The highest BCUT2D eigenvalue weighted by atomic mass is 16.5. The van der Waals surface area contributed by atoms with Gasteiger partial charge in [-0.2, -0.15) is 0 Å². The molecule has 0 saturated carbocycles. The van der Waals surface area contributed by atoms with Crippen molar-refractivity contribution in [2.24, 2.45) is 0 Å². The van der Waals surface area contributed by atoms with E-state index in [9.17, 15) is 9.59 Å². The molecule has 1 rings (SSSR count). The minimum atomic E-state index is -0.930. The van der Waals surface area contributed by atoms with Crippen molar-refractivity contribution in [2.45, 2.75) is 25.4 Å². The second-order valence-corrected chi connectivity index (χ2v) is 3.38. The molecule has 1 amide bonds. The Balaban J connectivity index is 2.28. The molecule has 1 unspecified atom stereocenters. The molecule has 80 valence electrons. The molecule has 5 heteroatoms. The Bertz CT molecular complexity index is 229. The normalized spacial score (nSPS) is 21.2. The summed E-state index contributed by atoms with van der Waals surface area (Å²) in [7, 11) is 1.62. The van der Waals surface area contributed by atoms with Crippen molar-refractivity contribution in [1.82, 2.24) is 4.90 Å². The fourth-order valence-electron chi connectivity index (χ4n) is 1.52. The SMILES string of the molecule is COC1CCN(C(=O)CCC(=O)O)C1. The predicted molar refractivity (Wildman–Crippen MR) is 48.9 cm³/mol. The summed E-state index contributed by atoms with van der Waals surface area (Å²) in [5, 5.41) is 8.41. The second-order valence-electron chi connectivity index (χ2n) is 3.38. The number of carboxylic acids is 1. The number of amides is 1. The van der Waals surface area contributed by atoms with Crippen molar-refractivity contribution >= 4 is 11.9 Å². The lowest BCUT2D eigenvalue weighted by atomic mass is 10.3. The fraction of sp³-hybridized carbons (Fsp3) is 0.778. The largest absolute Gasteiger partial charge is 0.481 e. The van der Waals surface area contributed by atoms with Crippen molar-refractivity contribution in [2.75, 3.05) is 20.2 Å². The summed E-state index contributed by atoms with van der Waals surface area (Å²) in [5.74, 6) is -1.02. The van der Waals surface area contributed by atoms with E-state index in [1.165, 1.54) is 0 Å². The van der Waals surface area contributed by atoms with Crippen molar-refractivity contribution < 1.29 is 19.4 Å². The van der Waals surface area contributed by atoms with E-state index in [4.69, 9.17) is 9.84 Å². The summed E-state index contributed by atoms with van der Waals surface area (Å²) < 4.78 is 5.11. The first kappa shape index (κ1) is 11.0. The molecule has 0 aromatic carbocycles. The van der Waals surface area contributed by atoms with Crippen LogP contribution in [0.5, 0.6) is 0 Å². The van der Waals surface area contributed by atoms with E-state index < -0.39 is 5.97 Å². The molecule has 5 nitrogen and oxygen atoms in total. The smallest absolute Gasteiger partial charge is 0.303 e. The quantitative estimate of drug-likeness (QED) is 0.700. The number of carbonyl (C=O) groups is 2. The van der Waals surface area contributed by atoms with Crippen LogP contribution in [0, 0.1) is 0 Å². The molecule has 0 radical (unpaired) electrons. The van der Waals surface area contributed by atoms with Gasteiger partial charge in [-0.3, -0.25) is 9.59 Å². The van der Waals surface area contributed by atoms with Gasteiger partial charge in [-0.1, -0.05) is 0 Å². The Morgan fingerprint density at radius 1 is 1.50 bits per heavy atom. The molecule has 0 aliphatic carbocycles. The van der Waals surface area contributed by atoms with Gasteiger partial charge in [0.15, 0.2) is 0 Å². The van der Waals surface area contributed by atoms with Crippen LogP contribution in [0.15, 0.2) is 0 Å². The van der Waals surface area contributed by atoms with Crippen LogP contribution in [-0.2, 0) is 14.3 Å². The minimum Gasteiger partial charge on any atom is -0.481 e. The van der Waals surface area contributed by atoms with Gasteiger partial charge in [-0.15, -0.1) is 0 Å².